The van der Waals surface area contributed by atoms with Crippen molar-refractivity contribution in [3.05, 3.63) is 59.7 Å². The molecule has 0 amide bonds. The molecular weight excluding hydrogens is 555 g/mol. The average Bonchev–Trinajstić information content (AvgIpc) is 3.54. The Balaban J connectivity index is 1.36. The summed E-state index contributed by atoms with van der Waals surface area (Å²) in [6, 6.07) is 7.90. The number of ether oxygens (including phenoxy) is 2. The molecule has 0 fully saturated rings. The van der Waals surface area contributed by atoms with Crippen molar-refractivity contribution in [2.75, 3.05) is 30.8 Å². The quantitative estimate of drug-likeness (QED) is 0.264. The van der Waals surface area contributed by atoms with Crippen LogP contribution in [0.25, 0.3) is 22.2 Å². The van der Waals surface area contributed by atoms with Gasteiger partial charge in [-0.05, 0) is 59.1 Å². The van der Waals surface area contributed by atoms with Gasteiger partial charge in [-0.1, -0.05) is 7.92 Å². The van der Waals surface area contributed by atoms with Crippen molar-refractivity contribution in [2.45, 2.75) is 0 Å². The lowest BCUT2D eigenvalue weighted by Crippen LogP contribution is -2.12. The summed E-state index contributed by atoms with van der Waals surface area (Å²) in [5.74, 6) is 2.30. The first-order chi connectivity index (χ1) is 18.0. The van der Waals surface area contributed by atoms with Gasteiger partial charge in [-0.3, -0.25) is 14.6 Å². The lowest BCUT2D eigenvalue weighted by molar-refractivity contribution is 0.174. The number of nitrogens with one attached hydrogen (secondary N) is 2. The van der Waals surface area contributed by atoms with E-state index in [0.29, 0.717) is 29.0 Å². The van der Waals surface area contributed by atoms with Crippen molar-refractivity contribution < 1.29 is 9.47 Å². The number of fused-ring (bicyclic) bond motifs is 2. The number of nitrogens with zero attached hydrogens (tertiary/aromatic N) is 6. The van der Waals surface area contributed by atoms with E-state index in [4.69, 9.17) is 14.5 Å². The molecule has 186 valence electrons. The summed E-state index contributed by atoms with van der Waals surface area (Å²) in [6.45, 7) is 4.55. The zero-order valence-electron chi connectivity index (χ0n) is 20.2. The molecule has 0 saturated carbocycles. The Morgan fingerprint density at radius 2 is 1.84 bits per heavy atom. The molecule has 10 nitrogen and oxygen atoms in total. The third kappa shape index (κ3) is 4.56. The molecule has 0 atom stereocenters. The molecule has 0 radical (unpaired) electrons. The highest BCUT2D eigenvalue weighted by atomic mass is 79.9. The number of aryl methyl sites for hydroxylation is 1. The van der Waals surface area contributed by atoms with E-state index in [1.165, 1.54) is 0 Å². The van der Waals surface area contributed by atoms with Gasteiger partial charge in [-0.15, -0.1) is 0 Å². The fourth-order valence-electron chi connectivity index (χ4n) is 4.18. The Kier molecular flexibility index (Phi) is 6.10. The monoisotopic (exact) mass is 576 g/mol. The maximum atomic E-state index is 5.73. The minimum atomic E-state index is -0.473. The number of hydrogen-bond acceptors (Lipinski definition) is 9. The molecule has 5 aromatic rings. The van der Waals surface area contributed by atoms with E-state index in [-0.39, 0.29) is 6.79 Å². The molecule has 6 rings (SSSR count). The second kappa shape index (κ2) is 9.57. The van der Waals surface area contributed by atoms with Gasteiger partial charge in [0.2, 0.25) is 12.7 Å². The van der Waals surface area contributed by atoms with Crippen LogP contribution in [0.2, 0.25) is 0 Å². The number of anilines is 4. The Morgan fingerprint density at radius 3 is 2.65 bits per heavy atom. The van der Waals surface area contributed by atoms with Gasteiger partial charge in [0.25, 0.3) is 0 Å². The third-order valence-corrected chi connectivity index (χ3v) is 7.74. The second-order valence-corrected chi connectivity index (χ2v) is 11.7. The number of halogens is 1. The summed E-state index contributed by atoms with van der Waals surface area (Å²) < 4.78 is 13.9. The Morgan fingerprint density at radius 1 is 0.973 bits per heavy atom. The van der Waals surface area contributed by atoms with E-state index in [0.717, 1.165) is 37.6 Å². The second-order valence-electron chi connectivity index (χ2n) is 8.58. The van der Waals surface area contributed by atoms with Crippen molar-refractivity contribution >= 4 is 63.3 Å². The first kappa shape index (κ1) is 23.6. The molecule has 0 bridgehead atoms. The molecular formula is C25H22BrN8O2P. The van der Waals surface area contributed by atoms with Gasteiger partial charge in [0.05, 0.1) is 27.4 Å². The Bertz CT molecular complexity index is 1640. The highest BCUT2D eigenvalue weighted by Gasteiger charge is 2.22. The van der Waals surface area contributed by atoms with E-state index >= 15 is 0 Å². The van der Waals surface area contributed by atoms with E-state index < -0.39 is 7.92 Å². The minimum absolute atomic E-state index is 0.152. The Labute approximate surface area is 222 Å². The van der Waals surface area contributed by atoms with Crippen LogP contribution in [0.5, 0.6) is 11.5 Å². The molecule has 37 heavy (non-hydrogen) atoms. The molecule has 12 heteroatoms. The van der Waals surface area contributed by atoms with Crippen molar-refractivity contribution in [1.29, 1.82) is 0 Å². The van der Waals surface area contributed by atoms with Gasteiger partial charge in [-0.2, -0.15) is 10.1 Å². The van der Waals surface area contributed by atoms with Crippen LogP contribution in [-0.2, 0) is 7.05 Å². The van der Waals surface area contributed by atoms with Crippen LogP contribution in [0.4, 0.5) is 23.1 Å². The van der Waals surface area contributed by atoms with Gasteiger partial charge >= 0.3 is 0 Å². The van der Waals surface area contributed by atoms with Gasteiger partial charge in [0, 0.05) is 48.4 Å². The van der Waals surface area contributed by atoms with E-state index in [9.17, 15) is 0 Å². The molecule has 0 aliphatic carbocycles. The summed E-state index contributed by atoms with van der Waals surface area (Å²) in [7, 11) is 1.41. The molecule has 0 saturated heterocycles. The Hall–Kier alpha value is -3.82. The third-order valence-electron chi connectivity index (χ3n) is 5.82. The average molecular weight is 577 g/mol. The highest BCUT2D eigenvalue weighted by molar-refractivity contribution is 9.10. The molecule has 1 aliphatic rings. The van der Waals surface area contributed by atoms with Gasteiger partial charge in [0.15, 0.2) is 11.5 Å². The number of rotatable bonds is 6. The fourth-order valence-corrected chi connectivity index (χ4v) is 5.68. The summed E-state index contributed by atoms with van der Waals surface area (Å²) in [5, 5.41) is 12.2. The predicted molar refractivity (Wildman–Crippen MR) is 149 cm³/mol. The van der Waals surface area contributed by atoms with Crippen molar-refractivity contribution in [1.82, 2.24) is 29.7 Å². The van der Waals surface area contributed by atoms with E-state index in [1.54, 1.807) is 29.5 Å². The van der Waals surface area contributed by atoms with Gasteiger partial charge < -0.3 is 20.1 Å². The maximum absolute atomic E-state index is 5.73. The summed E-state index contributed by atoms with van der Waals surface area (Å²) in [6.07, 6.45) is 8.89. The maximum Gasteiger partial charge on any atom is 0.231 e. The molecule has 3 aromatic heterocycles. The molecule has 2 aromatic carbocycles. The first-order valence-corrected chi connectivity index (χ1v) is 14.4. The van der Waals surface area contributed by atoms with Gasteiger partial charge in [0.1, 0.15) is 5.82 Å². The summed E-state index contributed by atoms with van der Waals surface area (Å²) in [4.78, 5) is 18.3. The van der Waals surface area contributed by atoms with Crippen LogP contribution in [0.1, 0.15) is 0 Å². The number of aromatic nitrogens is 6. The SMILES string of the molecule is Cn1cc(-c2cc(Nc3ncc(Br)c(Nc4ccc5nccnc5c4P(C)C)n3)c3c(c2)OCO3)cn1. The molecule has 0 unspecified atom stereocenters. The highest BCUT2D eigenvalue weighted by Crippen LogP contribution is 2.44. The first-order valence-electron chi connectivity index (χ1n) is 11.4. The van der Waals surface area contributed by atoms with Crippen LogP contribution in [-0.4, -0.2) is 49.8 Å². The zero-order chi connectivity index (χ0) is 25.5. The van der Waals surface area contributed by atoms with E-state index in [2.05, 4.69) is 59.9 Å². The standard InChI is InChI=1S/C25H22BrN8O2P/c1-34-12-15(10-30-34)14-8-19(22-20(9-14)35-13-36-22)32-25-29-11-16(26)24(33-25)31-18-5-4-17-21(23(18)37(2)3)28-7-6-27-17/h4-12H,13H2,1-3H3,(H2,29,31,32,33). The van der Waals surface area contributed by atoms with Crippen molar-refractivity contribution in [3.63, 3.8) is 0 Å². The molecule has 2 N–H and O–H groups in total. The van der Waals surface area contributed by atoms with Crippen LogP contribution in [0, 0.1) is 0 Å². The fraction of sp³-hybridized carbons (Fsp3) is 0.160. The molecule has 0 spiro atoms. The van der Waals surface area contributed by atoms with Crippen LogP contribution in [0.3, 0.4) is 0 Å². The van der Waals surface area contributed by atoms with Crippen molar-refractivity contribution in [2.24, 2.45) is 7.05 Å². The largest absolute Gasteiger partial charge is 0.453 e. The van der Waals surface area contributed by atoms with Crippen molar-refractivity contribution in [3.8, 4) is 22.6 Å². The topological polar surface area (TPSA) is 112 Å². The van der Waals surface area contributed by atoms with Crippen LogP contribution in [0.15, 0.2) is 59.7 Å². The summed E-state index contributed by atoms with van der Waals surface area (Å²) in [5.41, 5.74) is 5.31. The lowest BCUT2D eigenvalue weighted by atomic mass is 10.1. The normalized spacial score (nSPS) is 12.4. The van der Waals surface area contributed by atoms with Crippen LogP contribution < -0.4 is 25.4 Å². The van der Waals surface area contributed by atoms with E-state index in [1.807, 2.05) is 37.5 Å². The summed E-state index contributed by atoms with van der Waals surface area (Å²) >= 11 is 3.59. The number of benzene rings is 2. The smallest absolute Gasteiger partial charge is 0.231 e. The minimum Gasteiger partial charge on any atom is -0.453 e. The van der Waals surface area contributed by atoms with Crippen LogP contribution >= 0.6 is 23.9 Å². The predicted octanol–water partition coefficient (Wildman–Crippen LogP) is 5.17. The van der Waals surface area contributed by atoms with Gasteiger partial charge in [-0.25, -0.2) is 4.98 Å². The number of hydrogen-bond donors (Lipinski definition) is 2. The molecule has 4 heterocycles. The lowest BCUT2D eigenvalue weighted by Gasteiger charge is -2.17. The molecule has 1 aliphatic heterocycles. The zero-order valence-corrected chi connectivity index (χ0v) is 22.7.